The summed E-state index contributed by atoms with van der Waals surface area (Å²) in [4.78, 5) is 20.3. The summed E-state index contributed by atoms with van der Waals surface area (Å²) in [6.07, 6.45) is 7.96. The van der Waals surface area contributed by atoms with E-state index < -0.39 is 0 Å². The van der Waals surface area contributed by atoms with Crippen LogP contribution in [0.1, 0.15) is 29.0 Å². The van der Waals surface area contributed by atoms with Gasteiger partial charge in [-0.05, 0) is 38.2 Å². The fourth-order valence-electron chi connectivity index (χ4n) is 3.09. The van der Waals surface area contributed by atoms with Crippen molar-refractivity contribution in [1.82, 2.24) is 14.5 Å². The smallest absolute Gasteiger partial charge is 0.255 e. The fraction of sp³-hybridized carbons (Fsp3) is 0.412. The normalized spacial score (nSPS) is 17.9. The second-order valence-corrected chi connectivity index (χ2v) is 6.47. The van der Waals surface area contributed by atoms with Crippen LogP contribution >= 0.6 is 11.8 Å². The van der Waals surface area contributed by atoms with Gasteiger partial charge in [0.2, 0.25) is 0 Å². The Labute approximate surface area is 135 Å². The van der Waals surface area contributed by atoms with Crippen molar-refractivity contribution in [3.8, 4) is 0 Å². The van der Waals surface area contributed by atoms with Crippen molar-refractivity contribution in [2.45, 2.75) is 37.2 Å². The van der Waals surface area contributed by atoms with Gasteiger partial charge in [0.1, 0.15) is 5.82 Å². The van der Waals surface area contributed by atoms with Crippen LogP contribution in [0.3, 0.4) is 0 Å². The maximum Gasteiger partial charge on any atom is 0.255 e. The summed E-state index contributed by atoms with van der Waals surface area (Å²) in [6.45, 7) is 3.68. The van der Waals surface area contributed by atoms with E-state index in [2.05, 4.69) is 9.55 Å². The number of aryl methyl sites for hydroxylation is 1. The molecule has 0 N–H and O–H groups in total. The zero-order valence-corrected chi connectivity index (χ0v) is 13.8. The largest absolute Gasteiger partial charge is 0.334 e. The number of hydrogen-bond acceptors (Lipinski definition) is 3. The van der Waals surface area contributed by atoms with E-state index in [1.54, 1.807) is 11.8 Å². The average molecular weight is 315 g/mol. The van der Waals surface area contributed by atoms with E-state index in [1.807, 2.05) is 54.7 Å². The number of carbonyl (C=O) groups excluding carboxylic acids is 1. The van der Waals surface area contributed by atoms with Gasteiger partial charge in [-0.1, -0.05) is 12.1 Å². The number of nitrogens with zero attached hydrogens (tertiary/aromatic N) is 3. The molecule has 0 radical (unpaired) electrons. The van der Waals surface area contributed by atoms with Crippen molar-refractivity contribution < 1.29 is 4.79 Å². The van der Waals surface area contributed by atoms with E-state index >= 15 is 0 Å². The standard InChI is InChI=1S/C17H21N3OS/c1-13-18-9-11-19(13)12-14-6-5-10-20(14)17(21)15-7-3-4-8-16(15)22-2/h3-4,7-9,11,14H,5-6,10,12H2,1-2H3/t14-/m1/s1. The quantitative estimate of drug-likeness (QED) is 0.813. The number of carbonyl (C=O) groups is 1. The molecule has 1 saturated heterocycles. The second kappa shape index (κ2) is 6.57. The SMILES string of the molecule is CSc1ccccc1C(=O)N1CCC[C@@H]1Cn1ccnc1C. The predicted octanol–water partition coefficient (Wildman–Crippen LogP) is 3.22. The second-order valence-electron chi connectivity index (χ2n) is 5.62. The highest BCUT2D eigenvalue weighted by Crippen LogP contribution is 2.26. The molecule has 5 heteroatoms. The Hall–Kier alpha value is -1.75. The molecular weight excluding hydrogens is 294 g/mol. The van der Waals surface area contributed by atoms with Crippen LogP contribution in [0.15, 0.2) is 41.6 Å². The highest BCUT2D eigenvalue weighted by molar-refractivity contribution is 7.98. The Bertz CT molecular complexity index is 667. The van der Waals surface area contributed by atoms with Gasteiger partial charge in [0.15, 0.2) is 0 Å². The number of hydrogen-bond donors (Lipinski definition) is 0. The zero-order valence-electron chi connectivity index (χ0n) is 13.0. The van der Waals surface area contributed by atoms with Crippen LogP contribution in [0.25, 0.3) is 0 Å². The number of aromatic nitrogens is 2. The predicted molar refractivity (Wildman–Crippen MR) is 89.2 cm³/mol. The van der Waals surface area contributed by atoms with Crippen LogP contribution < -0.4 is 0 Å². The monoisotopic (exact) mass is 315 g/mol. The summed E-state index contributed by atoms with van der Waals surface area (Å²) in [5.74, 6) is 1.16. The highest BCUT2D eigenvalue weighted by Gasteiger charge is 2.30. The molecule has 0 saturated carbocycles. The average Bonchev–Trinajstić information content (AvgIpc) is 3.16. The molecule has 116 valence electrons. The van der Waals surface area contributed by atoms with Gasteiger partial charge < -0.3 is 9.47 Å². The van der Waals surface area contributed by atoms with E-state index in [0.29, 0.717) is 0 Å². The lowest BCUT2D eigenvalue weighted by molar-refractivity contribution is 0.0720. The van der Waals surface area contributed by atoms with Gasteiger partial charge in [-0.25, -0.2) is 4.98 Å². The summed E-state index contributed by atoms with van der Waals surface area (Å²) < 4.78 is 2.14. The minimum atomic E-state index is 0.158. The van der Waals surface area contributed by atoms with Crippen LogP contribution in [0.4, 0.5) is 0 Å². The molecule has 0 bridgehead atoms. The molecule has 0 aliphatic carbocycles. The summed E-state index contributed by atoms with van der Waals surface area (Å²) >= 11 is 1.63. The van der Waals surface area contributed by atoms with E-state index in [1.165, 1.54) is 0 Å². The number of imidazole rings is 1. The maximum atomic E-state index is 12.9. The topological polar surface area (TPSA) is 38.1 Å². The minimum absolute atomic E-state index is 0.158. The molecule has 22 heavy (non-hydrogen) atoms. The van der Waals surface area contributed by atoms with Gasteiger partial charge in [0.25, 0.3) is 5.91 Å². The molecule has 1 atom stereocenters. The molecule has 1 aromatic heterocycles. The molecule has 3 rings (SSSR count). The highest BCUT2D eigenvalue weighted by atomic mass is 32.2. The van der Waals surface area contributed by atoms with Crippen LogP contribution in [-0.2, 0) is 6.54 Å². The fourth-order valence-corrected chi connectivity index (χ4v) is 3.68. The first-order valence-corrected chi connectivity index (χ1v) is 8.85. The van der Waals surface area contributed by atoms with E-state index in [-0.39, 0.29) is 11.9 Å². The summed E-state index contributed by atoms with van der Waals surface area (Å²) in [6, 6.07) is 8.14. The van der Waals surface area contributed by atoms with Crippen molar-refractivity contribution in [3.63, 3.8) is 0 Å². The number of thioether (sulfide) groups is 1. The van der Waals surface area contributed by atoms with Gasteiger partial charge in [-0.3, -0.25) is 4.79 Å². The Morgan fingerprint density at radius 1 is 1.41 bits per heavy atom. The molecule has 1 aromatic carbocycles. The third-order valence-electron chi connectivity index (χ3n) is 4.31. The summed E-state index contributed by atoms with van der Waals surface area (Å²) in [5, 5.41) is 0. The Balaban J connectivity index is 1.80. The Morgan fingerprint density at radius 3 is 2.95 bits per heavy atom. The first-order chi connectivity index (χ1) is 10.7. The van der Waals surface area contributed by atoms with Crippen molar-refractivity contribution in [3.05, 3.63) is 48.0 Å². The number of likely N-dealkylation sites (tertiary alicyclic amines) is 1. The lowest BCUT2D eigenvalue weighted by atomic mass is 10.1. The first kappa shape index (κ1) is 15.2. The lowest BCUT2D eigenvalue weighted by Crippen LogP contribution is -2.38. The van der Waals surface area contributed by atoms with Crippen LogP contribution in [0.2, 0.25) is 0 Å². The lowest BCUT2D eigenvalue weighted by Gasteiger charge is -2.26. The molecular formula is C17H21N3OS. The molecule has 1 aliphatic rings. The third kappa shape index (κ3) is 2.90. The van der Waals surface area contributed by atoms with E-state index in [9.17, 15) is 4.79 Å². The molecule has 4 nitrogen and oxygen atoms in total. The molecule has 1 amide bonds. The van der Waals surface area contributed by atoms with Crippen molar-refractivity contribution in [1.29, 1.82) is 0 Å². The van der Waals surface area contributed by atoms with Crippen LogP contribution in [-0.4, -0.2) is 39.2 Å². The molecule has 1 fully saturated rings. The Morgan fingerprint density at radius 2 is 2.23 bits per heavy atom. The van der Waals surface area contributed by atoms with E-state index in [0.717, 1.165) is 42.2 Å². The molecule has 0 spiro atoms. The van der Waals surface area contributed by atoms with Gasteiger partial charge in [0.05, 0.1) is 11.6 Å². The third-order valence-corrected chi connectivity index (χ3v) is 5.10. The number of benzene rings is 1. The van der Waals surface area contributed by atoms with Crippen molar-refractivity contribution in [2.75, 3.05) is 12.8 Å². The molecule has 1 aliphatic heterocycles. The van der Waals surface area contributed by atoms with Gasteiger partial charge >= 0.3 is 0 Å². The molecule has 2 aromatic rings. The number of rotatable bonds is 4. The van der Waals surface area contributed by atoms with E-state index in [4.69, 9.17) is 0 Å². The molecule has 2 heterocycles. The molecule has 0 unspecified atom stereocenters. The summed E-state index contributed by atoms with van der Waals surface area (Å²) in [5.41, 5.74) is 0.823. The zero-order chi connectivity index (χ0) is 15.5. The van der Waals surface area contributed by atoms with Crippen molar-refractivity contribution in [2.24, 2.45) is 0 Å². The number of amides is 1. The van der Waals surface area contributed by atoms with Crippen molar-refractivity contribution >= 4 is 17.7 Å². The van der Waals surface area contributed by atoms with Crippen LogP contribution in [0, 0.1) is 6.92 Å². The first-order valence-electron chi connectivity index (χ1n) is 7.62. The van der Waals surface area contributed by atoms with Gasteiger partial charge in [0, 0.05) is 30.4 Å². The van der Waals surface area contributed by atoms with Gasteiger partial charge in [-0.2, -0.15) is 0 Å². The van der Waals surface area contributed by atoms with Crippen LogP contribution in [0.5, 0.6) is 0 Å². The Kier molecular flexibility index (Phi) is 4.52. The summed E-state index contributed by atoms with van der Waals surface area (Å²) in [7, 11) is 0. The van der Waals surface area contributed by atoms with Gasteiger partial charge in [-0.15, -0.1) is 11.8 Å². The minimum Gasteiger partial charge on any atom is -0.334 e. The maximum absolute atomic E-state index is 12.9.